The van der Waals surface area contributed by atoms with Crippen LogP contribution in [0.1, 0.15) is 24.4 Å². The van der Waals surface area contributed by atoms with Gasteiger partial charge in [-0.2, -0.15) is 10.2 Å². The van der Waals surface area contributed by atoms with E-state index < -0.39 is 0 Å². The monoisotopic (exact) mass is 373 g/mol. The first kappa shape index (κ1) is 17.4. The maximum Gasteiger partial charge on any atom is 0.222 e. The van der Waals surface area contributed by atoms with Gasteiger partial charge in [0.15, 0.2) is 0 Å². The molecule has 0 aliphatic carbocycles. The number of para-hydroxylation sites is 1. The van der Waals surface area contributed by atoms with Gasteiger partial charge in [0.05, 0.1) is 23.3 Å². The van der Waals surface area contributed by atoms with Gasteiger partial charge in [-0.25, -0.2) is 14.4 Å². The fraction of sp³-hybridized carbons (Fsp3) is 0.100. The summed E-state index contributed by atoms with van der Waals surface area (Å²) in [7, 11) is 0. The minimum atomic E-state index is -0.350. The second-order valence-electron chi connectivity index (χ2n) is 6.24. The molecule has 1 atom stereocenters. The molecule has 0 amide bonds. The number of benzene rings is 2. The number of fused-ring (bicyclic) bond motifs is 1. The summed E-state index contributed by atoms with van der Waals surface area (Å²) in [6, 6.07) is 15.7. The average Bonchev–Trinajstić information content (AvgIpc) is 3.07. The molecule has 0 saturated heterocycles. The zero-order valence-corrected chi connectivity index (χ0v) is 15.0. The number of nitrogen functional groups attached to an aromatic ring is 1. The van der Waals surface area contributed by atoms with Gasteiger partial charge in [0.1, 0.15) is 29.1 Å². The number of nitrogens with one attached hydrogen (secondary N) is 1. The molecule has 28 heavy (non-hydrogen) atoms. The summed E-state index contributed by atoms with van der Waals surface area (Å²) in [5.74, 6) is 0.688. The third kappa shape index (κ3) is 3.10. The number of halogens is 1. The van der Waals surface area contributed by atoms with Crippen LogP contribution in [-0.2, 0) is 0 Å². The molecule has 0 saturated carbocycles. The van der Waals surface area contributed by atoms with Gasteiger partial charge < -0.3 is 11.1 Å². The number of aromatic nitrogens is 4. The molecule has 4 rings (SSSR count). The van der Waals surface area contributed by atoms with Gasteiger partial charge in [0.2, 0.25) is 5.95 Å². The summed E-state index contributed by atoms with van der Waals surface area (Å²) in [6.07, 6.45) is 1.37. The minimum absolute atomic E-state index is 0.0623. The lowest BCUT2D eigenvalue weighted by molar-refractivity contribution is 0.629. The lowest BCUT2D eigenvalue weighted by atomic mass is 10.2. The Morgan fingerprint density at radius 3 is 2.71 bits per heavy atom. The number of hydrogen-bond donors (Lipinski definition) is 2. The summed E-state index contributed by atoms with van der Waals surface area (Å²) < 4.78 is 15.8. The number of rotatable bonds is 4. The van der Waals surface area contributed by atoms with E-state index in [9.17, 15) is 9.65 Å². The first-order valence-corrected chi connectivity index (χ1v) is 8.59. The van der Waals surface area contributed by atoms with Crippen LogP contribution in [0.3, 0.4) is 0 Å². The zero-order valence-electron chi connectivity index (χ0n) is 15.0. The fourth-order valence-corrected chi connectivity index (χ4v) is 3.06. The van der Waals surface area contributed by atoms with E-state index in [4.69, 9.17) is 5.73 Å². The highest BCUT2D eigenvalue weighted by Gasteiger charge is 2.20. The zero-order chi connectivity index (χ0) is 19.7. The summed E-state index contributed by atoms with van der Waals surface area (Å²) in [5.41, 5.74) is 8.10. The van der Waals surface area contributed by atoms with E-state index in [2.05, 4.69) is 20.3 Å². The van der Waals surface area contributed by atoms with Crippen molar-refractivity contribution < 1.29 is 4.39 Å². The molecule has 7 nitrogen and oxygen atoms in total. The molecule has 3 N–H and O–H groups in total. The van der Waals surface area contributed by atoms with Crippen molar-refractivity contribution in [3.63, 3.8) is 0 Å². The SMILES string of the molecule is C[C@H](Nc1nc(N)ncc1C#N)c1nc2ccc(F)cc2n1-c1ccccc1. The van der Waals surface area contributed by atoms with Crippen LogP contribution in [0.4, 0.5) is 16.2 Å². The van der Waals surface area contributed by atoms with Gasteiger partial charge in [0, 0.05) is 11.8 Å². The van der Waals surface area contributed by atoms with Crippen LogP contribution in [0.15, 0.2) is 54.7 Å². The third-order valence-electron chi connectivity index (χ3n) is 4.33. The Bertz CT molecular complexity index is 1190. The highest BCUT2D eigenvalue weighted by Crippen LogP contribution is 2.28. The van der Waals surface area contributed by atoms with Crippen LogP contribution in [0.2, 0.25) is 0 Å². The fourth-order valence-electron chi connectivity index (χ4n) is 3.06. The van der Waals surface area contributed by atoms with Gasteiger partial charge in [0.25, 0.3) is 0 Å². The molecule has 2 aromatic heterocycles. The molecular weight excluding hydrogens is 357 g/mol. The van der Waals surface area contributed by atoms with Crippen molar-refractivity contribution in [2.24, 2.45) is 0 Å². The van der Waals surface area contributed by atoms with Crippen LogP contribution in [0.5, 0.6) is 0 Å². The van der Waals surface area contributed by atoms with Gasteiger partial charge in [-0.1, -0.05) is 18.2 Å². The molecule has 0 fully saturated rings. The Labute approximate surface area is 160 Å². The standard InChI is InChI=1S/C20H16FN7/c1-12(25-18-13(10-22)11-24-20(23)27-18)19-26-16-8-7-14(21)9-17(16)28(19)15-5-3-2-4-6-15/h2-9,11-12H,1H3,(H3,23,24,25,27)/t12-/m0/s1. The molecule has 0 aliphatic rings. The third-order valence-corrected chi connectivity index (χ3v) is 4.33. The summed E-state index contributed by atoms with van der Waals surface area (Å²) in [4.78, 5) is 12.6. The Hall–Kier alpha value is -3.99. The molecule has 0 bridgehead atoms. The number of nitriles is 1. The molecule has 0 unspecified atom stereocenters. The predicted octanol–water partition coefficient (Wildman–Crippen LogP) is 3.58. The quantitative estimate of drug-likeness (QED) is 0.566. The molecule has 0 aliphatic heterocycles. The van der Waals surface area contributed by atoms with Crippen molar-refractivity contribution >= 4 is 22.8 Å². The summed E-state index contributed by atoms with van der Waals surface area (Å²) in [6.45, 7) is 1.89. The van der Waals surface area contributed by atoms with Crippen molar-refractivity contribution in [1.82, 2.24) is 19.5 Å². The minimum Gasteiger partial charge on any atom is -0.368 e. The topological polar surface area (TPSA) is 105 Å². The number of hydrogen-bond acceptors (Lipinski definition) is 6. The van der Waals surface area contributed by atoms with Crippen molar-refractivity contribution in [3.05, 3.63) is 71.9 Å². The molecule has 138 valence electrons. The Kier molecular flexibility index (Phi) is 4.33. The number of nitrogens with two attached hydrogens (primary N) is 1. The maximum absolute atomic E-state index is 13.9. The smallest absolute Gasteiger partial charge is 0.222 e. The molecule has 4 aromatic rings. The van der Waals surface area contributed by atoms with E-state index in [-0.39, 0.29) is 23.4 Å². The molecular formula is C20H16FN7. The molecule has 2 aromatic carbocycles. The maximum atomic E-state index is 13.9. The van der Waals surface area contributed by atoms with Gasteiger partial charge in [-0.15, -0.1) is 0 Å². The van der Waals surface area contributed by atoms with E-state index in [1.165, 1.54) is 18.3 Å². The van der Waals surface area contributed by atoms with E-state index in [0.717, 1.165) is 5.69 Å². The van der Waals surface area contributed by atoms with E-state index >= 15 is 0 Å². The van der Waals surface area contributed by atoms with Gasteiger partial charge in [-0.3, -0.25) is 4.57 Å². The van der Waals surface area contributed by atoms with Crippen molar-refractivity contribution in [1.29, 1.82) is 5.26 Å². The van der Waals surface area contributed by atoms with Gasteiger partial charge in [-0.05, 0) is 31.2 Å². The molecule has 0 radical (unpaired) electrons. The highest BCUT2D eigenvalue weighted by molar-refractivity contribution is 5.78. The first-order valence-electron chi connectivity index (χ1n) is 8.59. The van der Waals surface area contributed by atoms with E-state index in [0.29, 0.717) is 22.7 Å². The van der Waals surface area contributed by atoms with Crippen molar-refractivity contribution in [2.75, 3.05) is 11.1 Å². The second kappa shape index (κ2) is 6.96. The number of anilines is 2. The van der Waals surface area contributed by atoms with Crippen LogP contribution in [-0.4, -0.2) is 19.5 Å². The predicted molar refractivity (Wildman–Crippen MR) is 104 cm³/mol. The lowest BCUT2D eigenvalue weighted by Gasteiger charge is -2.17. The van der Waals surface area contributed by atoms with Crippen LogP contribution >= 0.6 is 0 Å². The number of nitrogens with zero attached hydrogens (tertiary/aromatic N) is 5. The average molecular weight is 373 g/mol. The number of imidazole rings is 1. The van der Waals surface area contributed by atoms with Crippen LogP contribution in [0, 0.1) is 17.1 Å². The van der Waals surface area contributed by atoms with E-state index in [1.807, 2.05) is 47.9 Å². The Balaban J connectivity index is 1.85. The van der Waals surface area contributed by atoms with Gasteiger partial charge >= 0.3 is 0 Å². The molecule has 2 heterocycles. The Morgan fingerprint density at radius 2 is 1.96 bits per heavy atom. The normalized spacial score (nSPS) is 11.9. The molecule has 0 spiro atoms. The highest BCUT2D eigenvalue weighted by atomic mass is 19.1. The second-order valence-corrected chi connectivity index (χ2v) is 6.24. The van der Waals surface area contributed by atoms with E-state index in [1.54, 1.807) is 6.07 Å². The van der Waals surface area contributed by atoms with Crippen LogP contribution in [0.25, 0.3) is 16.7 Å². The lowest BCUT2D eigenvalue weighted by Crippen LogP contribution is -2.15. The first-order chi connectivity index (χ1) is 13.6. The van der Waals surface area contributed by atoms with Crippen molar-refractivity contribution in [2.45, 2.75) is 13.0 Å². The van der Waals surface area contributed by atoms with Crippen LogP contribution < -0.4 is 11.1 Å². The summed E-state index contributed by atoms with van der Waals surface area (Å²) >= 11 is 0. The largest absolute Gasteiger partial charge is 0.368 e. The van der Waals surface area contributed by atoms with Crippen molar-refractivity contribution in [3.8, 4) is 11.8 Å². The Morgan fingerprint density at radius 1 is 1.18 bits per heavy atom. The molecule has 8 heteroatoms. The summed E-state index contributed by atoms with van der Waals surface area (Å²) in [5, 5.41) is 12.5.